The van der Waals surface area contributed by atoms with Crippen LogP contribution in [0.15, 0.2) is 59.4 Å². The number of hydrogen-bond donors (Lipinski definition) is 2. The first-order chi connectivity index (χ1) is 16.1. The van der Waals surface area contributed by atoms with E-state index < -0.39 is 23.3 Å². The highest BCUT2D eigenvalue weighted by molar-refractivity contribution is 6.05. The van der Waals surface area contributed by atoms with Gasteiger partial charge in [-0.3, -0.25) is 14.7 Å². The number of fused-ring (bicyclic) bond motifs is 1. The Labute approximate surface area is 192 Å². The molecule has 7 nitrogen and oxygen atoms in total. The standard InChI is InChI=1S/C24H21F3N4O3/c1-13(2)34-17-11-7-10-16(12-17)29-22(32)18-14(3)28-21-19(15-8-5-4-6-9-15)20(24(25,26)27)30-31(21)23(18)33/h4-13,30H,1-3H3,(H,29,32). The van der Waals surface area contributed by atoms with Gasteiger partial charge in [0.05, 0.1) is 17.4 Å². The number of amides is 1. The molecule has 1 amide bonds. The van der Waals surface area contributed by atoms with Gasteiger partial charge in [-0.25, -0.2) is 4.98 Å². The number of ether oxygens (including phenoxy) is 1. The highest BCUT2D eigenvalue weighted by atomic mass is 19.4. The molecule has 4 aromatic rings. The average Bonchev–Trinajstić information content (AvgIpc) is 3.14. The summed E-state index contributed by atoms with van der Waals surface area (Å²) in [7, 11) is 0. The van der Waals surface area contributed by atoms with Gasteiger partial charge in [-0.1, -0.05) is 36.4 Å². The monoisotopic (exact) mass is 470 g/mol. The third-order valence-electron chi connectivity index (χ3n) is 5.00. The fraction of sp³-hybridized carbons (Fsp3) is 0.208. The van der Waals surface area contributed by atoms with Gasteiger partial charge in [-0.2, -0.15) is 17.7 Å². The Morgan fingerprint density at radius 3 is 2.47 bits per heavy atom. The summed E-state index contributed by atoms with van der Waals surface area (Å²) < 4.78 is 47.7. The molecule has 0 atom stereocenters. The van der Waals surface area contributed by atoms with Gasteiger partial charge in [0.15, 0.2) is 5.65 Å². The van der Waals surface area contributed by atoms with Crippen molar-refractivity contribution >= 4 is 17.2 Å². The number of carbonyl (C=O) groups is 1. The highest BCUT2D eigenvalue weighted by Crippen LogP contribution is 2.38. The lowest BCUT2D eigenvalue weighted by atomic mass is 10.1. The molecule has 4 rings (SSSR count). The summed E-state index contributed by atoms with van der Waals surface area (Å²) in [6, 6.07) is 14.4. The number of rotatable bonds is 5. The lowest BCUT2D eigenvalue weighted by molar-refractivity contribution is -0.140. The fourth-order valence-electron chi connectivity index (χ4n) is 3.64. The van der Waals surface area contributed by atoms with Gasteiger partial charge in [0.2, 0.25) is 0 Å². The Morgan fingerprint density at radius 2 is 1.82 bits per heavy atom. The summed E-state index contributed by atoms with van der Waals surface area (Å²) in [6.45, 7) is 5.11. The summed E-state index contributed by atoms with van der Waals surface area (Å²) in [5.74, 6) is -0.281. The van der Waals surface area contributed by atoms with Crippen LogP contribution in [0.3, 0.4) is 0 Å². The maximum atomic E-state index is 13.8. The Hall–Kier alpha value is -4.08. The van der Waals surface area contributed by atoms with Crippen molar-refractivity contribution in [2.24, 2.45) is 0 Å². The minimum Gasteiger partial charge on any atom is -0.491 e. The molecule has 0 unspecified atom stereocenters. The van der Waals surface area contributed by atoms with Crippen LogP contribution in [0.5, 0.6) is 5.75 Å². The van der Waals surface area contributed by atoms with Crippen molar-refractivity contribution in [2.75, 3.05) is 5.32 Å². The van der Waals surface area contributed by atoms with Gasteiger partial charge < -0.3 is 10.1 Å². The van der Waals surface area contributed by atoms with Gasteiger partial charge >= 0.3 is 6.18 Å². The molecule has 2 aromatic heterocycles. The predicted octanol–water partition coefficient (Wildman–Crippen LogP) is 5.06. The molecule has 10 heteroatoms. The van der Waals surface area contributed by atoms with Crippen LogP contribution in [-0.2, 0) is 6.18 Å². The Bertz CT molecular complexity index is 1420. The number of hydrogen-bond acceptors (Lipinski definition) is 4. The topological polar surface area (TPSA) is 88.5 Å². The van der Waals surface area contributed by atoms with Crippen molar-refractivity contribution < 1.29 is 22.7 Å². The molecule has 0 bridgehead atoms. The smallest absolute Gasteiger partial charge is 0.433 e. The SMILES string of the molecule is Cc1nc2c(-c3ccccc3)c(C(F)(F)F)[nH]n2c(=O)c1C(=O)Nc1cccc(OC(C)C)c1. The third-order valence-corrected chi connectivity index (χ3v) is 5.00. The molecule has 2 heterocycles. The third kappa shape index (κ3) is 4.39. The van der Waals surface area contributed by atoms with Crippen molar-refractivity contribution in [1.82, 2.24) is 14.6 Å². The van der Waals surface area contributed by atoms with Crippen molar-refractivity contribution in [2.45, 2.75) is 33.1 Å². The molecule has 0 saturated carbocycles. The number of aryl methyl sites for hydroxylation is 1. The molecule has 0 saturated heterocycles. The van der Waals surface area contributed by atoms with E-state index in [1.54, 1.807) is 42.5 Å². The van der Waals surface area contributed by atoms with E-state index in [1.165, 1.54) is 19.1 Å². The number of nitrogens with zero attached hydrogens (tertiary/aromatic N) is 2. The maximum absolute atomic E-state index is 13.8. The number of carbonyl (C=O) groups excluding carboxylic acids is 1. The van der Waals surface area contributed by atoms with Crippen molar-refractivity contribution in [3.63, 3.8) is 0 Å². The lowest BCUT2D eigenvalue weighted by Gasteiger charge is -2.12. The minimum absolute atomic E-state index is 0.00184. The van der Waals surface area contributed by atoms with Crippen LogP contribution in [0.1, 0.15) is 35.6 Å². The zero-order valence-electron chi connectivity index (χ0n) is 18.5. The molecule has 0 aliphatic carbocycles. The average molecular weight is 470 g/mol. The van der Waals surface area contributed by atoms with E-state index in [1.807, 2.05) is 13.8 Å². The van der Waals surface area contributed by atoms with E-state index in [9.17, 15) is 22.8 Å². The number of alkyl halides is 3. The van der Waals surface area contributed by atoms with Crippen LogP contribution in [-0.4, -0.2) is 26.6 Å². The van der Waals surface area contributed by atoms with E-state index in [0.29, 0.717) is 16.0 Å². The number of halogens is 3. The number of nitrogens with one attached hydrogen (secondary N) is 2. The molecule has 2 N–H and O–H groups in total. The van der Waals surface area contributed by atoms with Crippen molar-refractivity contribution in [3.05, 3.63) is 81.9 Å². The number of anilines is 1. The zero-order valence-corrected chi connectivity index (χ0v) is 18.5. The molecule has 0 fully saturated rings. The molecular weight excluding hydrogens is 449 g/mol. The highest BCUT2D eigenvalue weighted by Gasteiger charge is 2.38. The fourth-order valence-corrected chi connectivity index (χ4v) is 3.64. The summed E-state index contributed by atoms with van der Waals surface area (Å²) in [5, 5.41) is 4.70. The first-order valence-corrected chi connectivity index (χ1v) is 10.4. The van der Waals surface area contributed by atoms with Crippen LogP contribution < -0.4 is 15.6 Å². The van der Waals surface area contributed by atoms with Gasteiger partial charge in [-0.15, -0.1) is 0 Å². The van der Waals surface area contributed by atoms with Crippen molar-refractivity contribution in [3.8, 4) is 16.9 Å². The number of aromatic nitrogens is 3. The zero-order chi connectivity index (χ0) is 24.6. The summed E-state index contributed by atoms with van der Waals surface area (Å²) >= 11 is 0. The molecular formula is C24H21F3N4O3. The van der Waals surface area contributed by atoms with E-state index in [2.05, 4.69) is 15.4 Å². The Morgan fingerprint density at radius 1 is 1.12 bits per heavy atom. The molecule has 0 spiro atoms. The maximum Gasteiger partial charge on any atom is 0.433 e. The molecule has 0 aliphatic heterocycles. The van der Waals surface area contributed by atoms with Crippen LogP contribution in [0.2, 0.25) is 0 Å². The first kappa shape index (κ1) is 23.1. The second kappa shape index (κ2) is 8.69. The Kier molecular flexibility index (Phi) is 5.90. The number of aromatic amines is 1. The van der Waals surface area contributed by atoms with E-state index >= 15 is 0 Å². The second-order valence-corrected chi connectivity index (χ2v) is 7.91. The van der Waals surface area contributed by atoms with Crippen LogP contribution in [0, 0.1) is 6.92 Å². The van der Waals surface area contributed by atoms with Crippen molar-refractivity contribution in [1.29, 1.82) is 0 Å². The first-order valence-electron chi connectivity index (χ1n) is 10.4. The van der Waals surface area contributed by atoms with Gasteiger partial charge in [-0.05, 0) is 38.5 Å². The summed E-state index contributed by atoms with van der Waals surface area (Å²) in [6.07, 6.45) is -4.86. The minimum atomic E-state index is -4.78. The quantitative estimate of drug-likeness (QED) is 0.427. The summed E-state index contributed by atoms with van der Waals surface area (Å²) in [5.41, 5.74) is -2.33. The molecule has 2 aromatic carbocycles. The lowest BCUT2D eigenvalue weighted by Crippen LogP contribution is -2.29. The molecule has 176 valence electrons. The predicted molar refractivity (Wildman–Crippen MR) is 121 cm³/mol. The van der Waals surface area contributed by atoms with Gasteiger partial charge in [0.1, 0.15) is 17.0 Å². The van der Waals surface area contributed by atoms with E-state index in [-0.39, 0.29) is 34.1 Å². The van der Waals surface area contributed by atoms with Gasteiger partial charge in [0.25, 0.3) is 11.5 Å². The van der Waals surface area contributed by atoms with Crippen LogP contribution in [0.25, 0.3) is 16.8 Å². The van der Waals surface area contributed by atoms with Crippen LogP contribution >= 0.6 is 0 Å². The molecule has 0 radical (unpaired) electrons. The second-order valence-electron chi connectivity index (χ2n) is 7.91. The normalized spacial score (nSPS) is 11.7. The molecule has 34 heavy (non-hydrogen) atoms. The molecule has 0 aliphatic rings. The largest absolute Gasteiger partial charge is 0.491 e. The van der Waals surface area contributed by atoms with E-state index in [4.69, 9.17) is 4.74 Å². The van der Waals surface area contributed by atoms with Gasteiger partial charge in [0, 0.05) is 11.8 Å². The summed E-state index contributed by atoms with van der Waals surface area (Å²) in [4.78, 5) is 30.3. The number of benzene rings is 2. The number of H-pyrrole nitrogens is 1. The Balaban J connectivity index is 1.82. The van der Waals surface area contributed by atoms with Crippen LogP contribution in [0.4, 0.5) is 18.9 Å². The van der Waals surface area contributed by atoms with E-state index in [0.717, 1.165) is 0 Å².